The zero-order valence-electron chi connectivity index (χ0n) is 8.77. The Morgan fingerprint density at radius 2 is 2.00 bits per heavy atom. The van der Waals surface area contributed by atoms with Crippen LogP contribution in [0.15, 0.2) is 36.5 Å². The van der Waals surface area contributed by atoms with Crippen LogP contribution in [0, 0.1) is 6.92 Å². The molecule has 3 heteroatoms. The molecule has 0 spiro atoms. The first kappa shape index (κ1) is 9.65. The molecule has 0 radical (unpaired) electrons. The number of hydrogen-bond donors (Lipinski definition) is 0. The number of aromatic nitrogens is 2. The lowest BCUT2D eigenvalue weighted by atomic mass is 10.1. The van der Waals surface area contributed by atoms with E-state index >= 15 is 0 Å². The van der Waals surface area contributed by atoms with Crippen molar-refractivity contribution >= 4 is 0 Å². The highest BCUT2D eigenvalue weighted by Gasteiger charge is 2.07. The highest BCUT2D eigenvalue weighted by Crippen LogP contribution is 2.26. The minimum Gasteiger partial charge on any atom is -0.480 e. The highest BCUT2D eigenvalue weighted by molar-refractivity contribution is 5.64. The molecule has 2 aromatic heterocycles. The van der Waals surface area contributed by atoms with Gasteiger partial charge in [-0.25, -0.2) is 4.98 Å². The van der Waals surface area contributed by atoms with Crippen molar-refractivity contribution in [2.45, 2.75) is 6.92 Å². The van der Waals surface area contributed by atoms with Crippen molar-refractivity contribution in [2.24, 2.45) is 0 Å². The summed E-state index contributed by atoms with van der Waals surface area (Å²) in [4.78, 5) is 8.57. The van der Waals surface area contributed by atoms with Gasteiger partial charge in [-0.15, -0.1) is 0 Å². The largest absolute Gasteiger partial charge is 0.480 e. The molecule has 76 valence electrons. The third-order valence-electron chi connectivity index (χ3n) is 2.13. The van der Waals surface area contributed by atoms with E-state index in [2.05, 4.69) is 9.97 Å². The summed E-state index contributed by atoms with van der Waals surface area (Å²) in [6.07, 6.45) is 1.76. The van der Waals surface area contributed by atoms with Crippen molar-refractivity contribution in [3.05, 3.63) is 42.2 Å². The Morgan fingerprint density at radius 3 is 2.67 bits per heavy atom. The molecule has 0 unspecified atom stereocenters. The summed E-state index contributed by atoms with van der Waals surface area (Å²) in [7, 11) is 1.62. The summed E-state index contributed by atoms with van der Waals surface area (Å²) in [5, 5.41) is 0. The van der Waals surface area contributed by atoms with Crippen LogP contribution >= 0.6 is 0 Å². The maximum absolute atomic E-state index is 5.23. The van der Waals surface area contributed by atoms with E-state index in [4.69, 9.17) is 4.74 Å². The zero-order chi connectivity index (χ0) is 10.7. The molecule has 0 aliphatic heterocycles. The molecule has 0 aromatic carbocycles. The smallest absolute Gasteiger partial charge is 0.222 e. The van der Waals surface area contributed by atoms with Gasteiger partial charge in [0.15, 0.2) is 0 Å². The topological polar surface area (TPSA) is 35.0 Å². The van der Waals surface area contributed by atoms with Crippen molar-refractivity contribution in [2.75, 3.05) is 7.11 Å². The molecule has 0 amide bonds. The molecule has 0 bridgehead atoms. The first-order valence-corrected chi connectivity index (χ1v) is 4.74. The Morgan fingerprint density at radius 1 is 1.13 bits per heavy atom. The maximum Gasteiger partial charge on any atom is 0.222 e. The predicted molar refractivity (Wildman–Crippen MR) is 58.8 cm³/mol. The molecule has 0 saturated carbocycles. The second kappa shape index (κ2) is 4.09. The standard InChI is InChI=1S/C12H12N2O/c1-9-6-7-10(12(14-9)15-2)11-5-3-4-8-13-11/h3-8H,1-2H3. The van der Waals surface area contributed by atoms with Gasteiger partial charge in [0.1, 0.15) is 0 Å². The number of rotatable bonds is 2. The molecule has 0 saturated heterocycles. The number of pyridine rings is 2. The second-order valence-electron chi connectivity index (χ2n) is 3.22. The van der Waals surface area contributed by atoms with E-state index in [0.717, 1.165) is 17.0 Å². The number of hydrogen-bond acceptors (Lipinski definition) is 3. The van der Waals surface area contributed by atoms with Crippen LogP contribution in [-0.2, 0) is 0 Å². The lowest BCUT2D eigenvalue weighted by Crippen LogP contribution is -1.94. The van der Waals surface area contributed by atoms with E-state index in [9.17, 15) is 0 Å². The van der Waals surface area contributed by atoms with Gasteiger partial charge in [0.2, 0.25) is 5.88 Å². The lowest BCUT2D eigenvalue weighted by molar-refractivity contribution is 0.398. The summed E-state index contributed by atoms with van der Waals surface area (Å²) in [5.74, 6) is 0.619. The minimum absolute atomic E-state index is 0.619. The van der Waals surface area contributed by atoms with E-state index in [1.54, 1.807) is 13.3 Å². The van der Waals surface area contributed by atoms with Crippen LogP contribution in [0.2, 0.25) is 0 Å². The Kier molecular flexibility index (Phi) is 2.63. The average molecular weight is 200 g/mol. The van der Waals surface area contributed by atoms with E-state index in [0.29, 0.717) is 5.88 Å². The van der Waals surface area contributed by atoms with Crippen molar-refractivity contribution in [3.63, 3.8) is 0 Å². The van der Waals surface area contributed by atoms with Gasteiger partial charge < -0.3 is 4.74 Å². The fourth-order valence-corrected chi connectivity index (χ4v) is 1.41. The van der Waals surface area contributed by atoms with Gasteiger partial charge in [-0.3, -0.25) is 4.98 Å². The first-order chi connectivity index (χ1) is 7.31. The molecule has 0 aliphatic rings. The number of ether oxygens (including phenoxy) is 1. The Bertz CT molecular complexity index is 454. The average Bonchev–Trinajstić information content (AvgIpc) is 2.30. The summed E-state index contributed by atoms with van der Waals surface area (Å²) in [6.45, 7) is 1.94. The molecule has 0 fully saturated rings. The van der Waals surface area contributed by atoms with Crippen LogP contribution in [0.4, 0.5) is 0 Å². The van der Waals surface area contributed by atoms with Crippen LogP contribution in [0.3, 0.4) is 0 Å². The molecule has 15 heavy (non-hydrogen) atoms. The van der Waals surface area contributed by atoms with Crippen LogP contribution in [0.5, 0.6) is 5.88 Å². The lowest BCUT2D eigenvalue weighted by Gasteiger charge is -2.06. The number of methoxy groups -OCH3 is 1. The molecular formula is C12H12N2O. The van der Waals surface area contributed by atoms with E-state index in [1.165, 1.54) is 0 Å². The molecule has 0 aliphatic carbocycles. The van der Waals surface area contributed by atoms with Crippen LogP contribution < -0.4 is 4.74 Å². The second-order valence-corrected chi connectivity index (χ2v) is 3.22. The van der Waals surface area contributed by atoms with Gasteiger partial charge >= 0.3 is 0 Å². The minimum atomic E-state index is 0.619. The van der Waals surface area contributed by atoms with Gasteiger partial charge in [-0.1, -0.05) is 6.07 Å². The van der Waals surface area contributed by atoms with Gasteiger partial charge in [-0.05, 0) is 31.2 Å². The van der Waals surface area contributed by atoms with E-state index < -0.39 is 0 Å². The molecule has 2 rings (SSSR count). The Labute approximate surface area is 88.8 Å². The fourth-order valence-electron chi connectivity index (χ4n) is 1.41. The van der Waals surface area contributed by atoms with E-state index in [1.807, 2.05) is 37.3 Å². The van der Waals surface area contributed by atoms with Gasteiger partial charge in [0, 0.05) is 11.9 Å². The van der Waals surface area contributed by atoms with E-state index in [-0.39, 0.29) is 0 Å². The summed E-state index contributed by atoms with van der Waals surface area (Å²) < 4.78 is 5.23. The van der Waals surface area contributed by atoms with Gasteiger partial charge in [0.05, 0.1) is 18.4 Å². The van der Waals surface area contributed by atoms with Crippen molar-refractivity contribution in [1.82, 2.24) is 9.97 Å². The van der Waals surface area contributed by atoms with Gasteiger partial charge in [0.25, 0.3) is 0 Å². The van der Waals surface area contributed by atoms with Crippen molar-refractivity contribution in [1.29, 1.82) is 0 Å². The third kappa shape index (κ3) is 1.96. The summed E-state index contributed by atoms with van der Waals surface area (Å²) in [5.41, 5.74) is 2.73. The maximum atomic E-state index is 5.23. The number of nitrogens with zero attached hydrogens (tertiary/aromatic N) is 2. The molecule has 2 heterocycles. The van der Waals surface area contributed by atoms with Crippen LogP contribution in [0.1, 0.15) is 5.69 Å². The highest BCUT2D eigenvalue weighted by atomic mass is 16.5. The molecule has 0 N–H and O–H groups in total. The quantitative estimate of drug-likeness (QED) is 0.747. The number of aryl methyl sites for hydroxylation is 1. The normalized spacial score (nSPS) is 10.0. The molecule has 3 nitrogen and oxygen atoms in total. The summed E-state index contributed by atoms with van der Waals surface area (Å²) >= 11 is 0. The monoisotopic (exact) mass is 200 g/mol. The Hall–Kier alpha value is -1.90. The van der Waals surface area contributed by atoms with Crippen LogP contribution in [0.25, 0.3) is 11.3 Å². The summed E-state index contributed by atoms with van der Waals surface area (Å²) in [6, 6.07) is 9.70. The first-order valence-electron chi connectivity index (χ1n) is 4.74. The fraction of sp³-hybridized carbons (Fsp3) is 0.167. The zero-order valence-corrected chi connectivity index (χ0v) is 8.77. The molecule has 0 atom stereocenters. The predicted octanol–water partition coefficient (Wildman–Crippen LogP) is 2.46. The van der Waals surface area contributed by atoms with Crippen LogP contribution in [-0.4, -0.2) is 17.1 Å². The van der Waals surface area contributed by atoms with Crippen molar-refractivity contribution in [3.8, 4) is 17.1 Å². The molecule has 2 aromatic rings. The Balaban J connectivity index is 2.53. The molecular weight excluding hydrogens is 188 g/mol. The van der Waals surface area contributed by atoms with Crippen molar-refractivity contribution < 1.29 is 4.74 Å². The third-order valence-corrected chi connectivity index (χ3v) is 2.13. The van der Waals surface area contributed by atoms with Gasteiger partial charge in [-0.2, -0.15) is 0 Å². The SMILES string of the molecule is COc1nc(C)ccc1-c1ccccn1.